The standard InChI is InChI=1S/C25H26N2O4S2.ClH/c26-20-23(28)27-21(19(15-33-24(20)27)32-14-18-12-7-13-30-18)25(29)31-22(16-8-3-1-4-9-16)17-10-5-2-6-11-17;/h1-6,8-11,18,20,22,24H,7,12-15,26H2;1H/t18?,20?,24-;/m0./s1. The zero-order chi connectivity index (χ0) is 22.8. The molecule has 0 spiro atoms. The average Bonchev–Trinajstić information content (AvgIpc) is 3.39. The van der Waals surface area contributed by atoms with Gasteiger partial charge in [0, 0.05) is 23.0 Å². The summed E-state index contributed by atoms with van der Waals surface area (Å²) in [5.74, 6) is 0.663. The van der Waals surface area contributed by atoms with Crippen LogP contribution in [0.4, 0.5) is 0 Å². The Morgan fingerprint density at radius 3 is 2.38 bits per heavy atom. The Bertz CT molecular complexity index is 1010. The van der Waals surface area contributed by atoms with Crippen LogP contribution in [0.2, 0.25) is 0 Å². The molecule has 2 saturated heterocycles. The zero-order valence-corrected chi connectivity index (χ0v) is 21.0. The van der Waals surface area contributed by atoms with Gasteiger partial charge in [0.25, 0.3) is 0 Å². The van der Waals surface area contributed by atoms with E-state index in [1.165, 1.54) is 4.90 Å². The Morgan fingerprint density at radius 2 is 1.79 bits per heavy atom. The Hall–Kier alpha value is -1.97. The van der Waals surface area contributed by atoms with Gasteiger partial charge in [-0.15, -0.1) is 35.9 Å². The van der Waals surface area contributed by atoms with E-state index in [4.69, 9.17) is 15.2 Å². The lowest BCUT2D eigenvalue weighted by molar-refractivity contribution is -0.152. The Morgan fingerprint density at radius 1 is 1.15 bits per heavy atom. The van der Waals surface area contributed by atoms with Gasteiger partial charge in [-0.25, -0.2) is 4.79 Å². The molecule has 2 aromatic carbocycles. The summed E-state index contributed by atoms with van der Waals surface area (Å²) < 4.78 is 11.9. The molecule has 34 heavy (non-hydrogen) atoms. The van der Waals surface area contributed by atoms with Crippen LogP contribution in [0.15, 0.2) is 71.3 Å². The van der Waals surface area contributed by atoms with Crippen molar-refractivity contribution < 1.29 is 19.1 Å². The predicted octanol–water partition coefficient (Wildman–Crippen LogP) is 4.11. The first-order valence-electron chi connectivity index (χ1n) is 11.1. The number of carbonyl (C=O) groups is 2. The first kappa shape index (κ1) is 25.1. The van der Waals surface area contributed by atoms with Crippen LogP contribution in [0.3, 0.4) is 0 Å². The lowest BCUT2D eigenvalue weighted by Crippen LogP contribution is -2.68. The topological polar surface area (TPSA) is 81.9 Å². The molecule has 0 saturated carbocycles. The molecule has 180 valence electrons. The van der Waals surface area contributed by atoms with Gasteiger partial charge < -0.3 is 15.2 Å². The van der Waals surface area contributed by atoms with Crippen molar-refractivity contribution in [1.82, 2.24) is 4.90 Å². The first-order valence-corrected chi connectivity index (χ1v) is 13.2. The number of halogens is 1. The molecule has 3 heterocycles. The molecule has 3 atom stereocenters. The molecule has 6 nitrogen and oxygen atoms in total. The van der Waals surface area contributed by atoms with Crippen molar-refractivity contribution in [3.05, 3.63) is 82.4 Å². The second kappa shape index (κ2) is 11.2. The third-order valence-corrected chi connectivity index (χ3v) is 8.77. The molecule has 2 aromatic rings. The maximum atomic E-state index is 13.6. The third kappa shape index (κ3) is 5.02. The third-order valence-electron chi connectivity index (χ3n) is 6.06. The van der Waals surface area contributed by atoms with Crippen LogP contribution < -0.4 is 5.73 Å². The zero-order valence-electron chi connectivity index (χ0n) is 18.5. The number of rotatable bonds is 7. The number of nitrogens with zero attached hydrogens (tertiary/aromatic N) is 1. The fraction of sp³-hybridized carbons (Fsp3) is 0.360. The summed E-state index contributed by atoms with van der Waals surface area (Å²) >= 11 is 3.19. The Labute approximate surface area is 214 Å². The quantitative estimate of drug-likeness (QED) is 0.436. The summed E-state index contributed by atoms with van der Waals surface area (Å²) in [4.78, 5) is 28.7. The fourth-order valence-electron chi connectivity index (χ4n) is 4.30. The van der Waals surface area contributed by atoms with Gasteiger partial charge in [-0.05, 0) is 24.0 Å². The summed E-state index contributed by atoms with van der Waals surface area (Å²) in [7, 11) is 0. The van der Waals surface area contributed by atoms with E-state index in [1.807, 2.05) is 60.7 Å². The largest absolute Gasteiger partial charge is 0.448 e. The highest BCUT2D eigenvalue weighted by molar-refractivity contribution is 8.06. The van der Waals surface area contributed by atoms with Crippen molar-refractivity contribution in [2.45, 2.75) is 36.5 Å². The van der Waals surface area contributed by atoms with Crippen molar-refractivity contribution in [1.29, 1.82) is 0 Å². The molecule has 0 radical (unpaired) electrons. The molecule has 9 heteroatoms. The Balaban J connectivity index is 0.00000274. The van der Waals surface area contributed by atoms with Crippen LogP contribution in [-0.4, -0.2) is 52.4 Å². The number of fused-ring (bicyclic) bond motifs is 1. The van der Waals surface area contributed by atoms with E-state index < -0.39 is 18.1 Å². The van der Waals surface area contributed by atoms with E-state index in [2.05, 4.69) is 0 Å². The number of esters is 1. The van der Waals surface area contributed by atoms with Crippen LogP contribution in [0.1, 0.15) is 30.1 Å². The van der Waals surface area contributed by atoms with Crippen molar-refractivity contribution in [3.8, 4) is 0 Å². The molecule has 3 aliphatic rings. The molecule has 5 rings (SSSR count). The predicted molar refractivity (Wildman–Crippen MR) is 138 cm³/mol. The minimum Gasteiger partial charge on any atom is -0.448 e. The van der Waals surface area contributed by atoms with Gasteiger partial charge in [0.2, 0.25) is 5.91 Å². The smallest absolute Gasteiger partial charge is 0.356 e. The number of amides is 1. The minimum absolute atomic E-state index is 0. The maximum Gasteiger partial charge on any atom is 0.356 e. The molecular formula is C25H27ClN2O4S2. The molecular weight excluding hydrogens is 492 g/mol. The van der Waals surface area contributed by atoms with Crippen LogP contribution in [0, 0.1) is 0 Å². The number of nitrogens with two attached hydrogens (primary N) is 1. The number of hydrogen-bond donors (Lipinski definition) is 1. The fourth-order valence-corrected chi connectivity index (χ4v) is 6.95. The van der Waals surface area contributed by atoms with Gasteiger partial charge in [-0.3, -0.25) is 9.69 Å². The maximum absolute atomic E-state index is 13.6. The van der Waals surface area contributed by atoms with Crippen LogP contribution in [0.5, 0.6) is 0 Å². The second-order valence-electron chi connectivity index (χ2n) is 8.26. The molecule has 0 aromatic heterocycles. The first-order chi connectivity index (χ1) is 16.1. The van der Waals surface area contributed by atoms with Crippen molar-refractivity contribution in [3.63, 3.8) is 0 Å². The van der Waals surface area contributed by atoms with E-state index >= 15 is 0 Å². The van der Waals surface area contributed by atoms with Gasteiger partial charge in [0.05, 0.1) is 6.10 Å². The molecule has 2 fully saturated rings. The molecule has 0 bridgehead atoms. The van der Waals surface area contributed by atoms with Gasteiger partial charge in [-0.2, -0.15) is 0 Å². The molecule has 2 unspecified atom stereocenters. The van der Waals surface area contributed by atoms with E-state index in [0.29, 0.717) is 11.4 Å². The van der Waals surface area contributed by atoms with Gasteiger partial charge in [0.1, 0.15) is 17.1 Å². The highest BCUT2D eigenvalue weighted by Crippen LogP contribution is 2.44. The van der Waals surface area contributed by atoms with E-state index in [1.54, 1.807) is 23.5 Å². The van der Waals surface area contributed by atoms with Crippen LogP contribution in [0.25, 0.3) is 0 Å². The number of hydrogen-bond acceptors (Lipinski definition) is 7. The number of thioether (sulfide) groups is 2. The summed E-state index contributed by atoms with van der Waals surface area (Å²) in [6, 6.07) is 18.7. The highest BCUT2D eigenvalue weighted by Gasteiger charge is 2.52. The van der Waals surface area contributed by atoms with E-state index in [9.17, 15) is 9.59 Å². The lowest BCUT2D eigenvalue weighted by atomic mass is 10.0. The summed E-state index contributed by atoms with van der Waals surface area (Å²) in [5.41, 5.74) is 8.12. The van der Waals surface area contributed by atoms with Crippen LogP contribution >= 0.6 is 35.9 Å². The monoisotopic (exact) mass is 518 g/mol. The van der Waals surface area contributed by atoms with Crippen molar-refractivity contribution in [2.75, 3.05) is 18.1 Å². The summed E-state index contributed by atoms with van der Waals surface area (Å²) in [6.45, 7) is 0.783. The van der Waals surface area contributed by atoms with Gasteiger partial charge >= 0.3 is 5.97 Å². The summed E-state index contributed by atoms with van der Waals surface area (Å²) in [6.07, 6.45) is 1.69. The normalized spacial score (nSPS) is 23.9. The highest BCUT2D eigenvalue weighted by atomic mass is 35.5. The number of ether oxygens (including phenoxy) is 2. The number of β-lactam (4-membered cyclic amide) rings is 1. The van der Waals surface area contributed by atoms with Crippen molar-refractivity contribution >= 4 is 47.8 Å². The van der Waals surface area contributed by atoms with Crippen LogP contribution in [-0.2, 0) is 19.1 Å². The van der Waals surface area contributed by atoms with E-state index in [-0.39, 0.29) is 29.8 Å². The van der Waals surface area contributed by atoms with E-state index in [0.717, 1.165) is 41.2 Å². The minimum atomic E-state index is -0.582. The number of benzene rings is 2. The molecule has 1 amide bonds. The van der Waals surface area contributed by atoms with Crippen molar-refractivity contribution in [2.24, 2.45) is 5.73 Å². The molecule has 0 aliphatic carbocycles. The number of carbonyl (C=O) groups excluding carboxylic acids is 2. The average molecular weight is 519 g/mol. The molecule has 3 aliphatic heterocycles. The van der Waals surface area contributed by atoms with Gasteiger partial charge in [-0.1, -0.05) is 60.7 Å². The van der Waals surface area contributed by atoms with Gasteiger partial charge in [0.15, 0.2) is 6.10 Å². The summed E-state index contributed by atoms with van der Waals surface area (Å²) in [5, 5.41) is -0.223. The Kier molecular flexibility index (Phi) is 8.26. The SMILES string of the molecule is Cl.NC1C(=O)N2C(C(=O)OC(c3ccccc3)c3ccccc3)=C(SCC3CCCO3)CS[C@@H]12. The molecule has 2 N–H and O–H groups in total. The lowest BCUT2D eigenvalue weighted by Gasteiger charge is -2.48. The second-order valence-corrected chi connectivity index (χ2v) is 10.5.